The van der Waals surface area contributed by atoms with Gasteiger partial charge in [0, 0.05) is 5.56 Å². The zero-order chi connectivity index (χ0) is 12.1. The summed E-state index contributed by atoms with van der Waals surface area (Å²) in [6.07, 6.45) is 1.17. The summed E-state index contributed by atoms with van der Waals surface area (Å²) in [6.45, 7) is 1.79. The van der Waals surface area contributed by atoms with Gasteiger partial charge in [0.05, 0.1) is 7.11 Å². The quantitative estimate of drug-likeness (QED) is 0.435. The van der Waals surface area contributed by atoms with Gasteiger partial charge in [0.1, 0.15) is 17.5 Å². The maximum absolute atomic E-state index is 13.3. The summed E-state index contributed by atoms with van der Waals surface area (Å²) in [5.41, 5.74) is 0.809. The van der Waals surface area contributed by atoms with Crippen LogP contribution in [0.4, 0.5) is 4.39 Å². The van der Waals surface area contributed by atoms with Gasteiger partial charge in [0.15, 0.2) is 0 Å². The van der Waals surface area contributed by atoms with E-state index in [0.717, 1.165) is 5.56 Å². The van der Waals surface area contributed by atoms with Crippen molar-refractivity contribution in [1.82, 2.24) is 0 Å². The van der Waals surface area contributed by atoms with E-state index in [1.165, 1.54) is 19.3 Å². The lowest BCUT2D eigenvalue weighted by molar-refractivity contribution is -0.135. The van der Waals surface area contributed by atoms with Gasteiger partial charge < -0.3 is 4.74 Å². The number of methoxy groups -OCH3 is 1. The molecule has 1 aromatic rings. The smallest absolute Gasteiger partial charge is 0.348 e. The minimum atomic E-state index is -0.775. The third-order valence-electron chi connectivity index (χ3n) is 1.98. The van der Waals surface area contributed by atoms with Gasteiger partial charge in [-0.05, 0) is 25.1 Å². The van der Waals surface area contributed by atoms with Crippen LogP contribution in [0.3, 0.4) is 0 Å². The highest BCUT2D eigenvalue weighted by Crippen LogP contribution is 2.14. The van der Waals surface area contributed by atoms with Crippen LogP contribution in [-0.2, 0) is 9.53 Å². The van der Waals surface area contributed by atoms with Crippen LogP contribution in [0.2, 0.25) is 0 Å². The largest absolute Gasteiger partial charge is 0.465 e. The highest BCUT2D eigenvalue weighted by atomic mass is 19.1. The Labute approximate surface area is 92.8 Å². The average Bonchev–Trinajstić information content (AvgIpc) is 2.29. The number of nitriles is 1. The highest BCUT2D eigenvalue weighted by molar-refractivity contribution is 5.97. The number of benzene rings is 1. The molecule has 16 heavy (non-hydrogen) atoms. The second-order valence-corrected chi connectivity index (χ2v) is 3.19. The third kappa shape index (κ3) is 2.67. The molecule has 0 bridgehead atoms. The van der Waals surface area contributed by atoms with Crippen molar-refractivity contribution in [2.24, 2.45) is 0 Å². The third-order valence-corrected chi connectivity index (χ3v) is 1.98. The Kier molecular flexibility index (Phi) is 3.78. The minimum absolute atomic E-state index is 0.196. The number of halogens is 1. The van der Waals surface area contributed by atoms with Crippen LogP contribution in [0.1, 0.15) is 11.1 Å². The van der Waals surface area contributed by atoms with E-state index in [-0.39, 0.29) is 11.1 Å². The Morgan fingerprint density at radius 2 is 2.25 bits per heavy atom. The van der Waals surface area contributed by atoms with Gasteiger partial charge in [-0.15, -0.1) is 0 Å². The molecule has 3 nitrogen and oxygen atoms in total. The van der Waals surface area contributed by atoms with E-state index in [9.17, 15) is 9.18 Å². The van der Waals surface area contributed by atoms with Crippen LogP contribution in [0, 0.1) is 24.1 Å². The fraction of sp³-hybridized carbons (Fsp3) is 0.167. The van der Waals surface area contributed by atoms with Crippen LogP contribution in [0.5, 0.6) is 0 Å². The molecular formula is C12H10FNO2. The number of carbonyl (C=O) groups is 1. The van der Waals surface area contributed by atoms with E-state index in [0.29, 0.717) is 0 Å². The van der Waals surface area contributed by atoms with Crippen molar-refractivity contribution in [3.05, 3.63) is 40.7 Å². The Morgan fingerprint density at radius 1 is 1.56 bits per heavy atom. The molecule has 0 atom stereocenters. The van der Waals surface area contributed by atoms with Crippen LogP contribution < -0.4 is 0 Å². The standard InChI is InChI=1S/C12H10FNO2/c1-8-3-4-11(13)9(5-8)6-10(7-14)12(15)16-2/h3-6H,1-2H3/b10-6+. The van der Waals surface area contributed by atoms with Crippen LogP contribution >= 0.6 is 0 Å². The maximum Gasteiger partial charge on any atom is 0.348 e. The van der Waals surface area contributed by atoms with Gasteiger partial charge in [-0.2, -0.15) is 5.26 Å². The number of rotatable bonds is 2. The predicted octanol–water partition coefficient (Wildman–Crippen LogP) is 2.21. The number of carbonyl (C=O) groups excluding carboxylic acids is 1. The Hall–Kier alpha value is -2.15. The molecule has 0 aliphatic heterocycles. The molecule has 1 rings (SSSR count). The molecule has 0 saturated carbocycles. The van der Waals surface area contributed by atoms with E-state index in [1.54, 1.807) is 25.1 Å². The summed E-state index contributed by atoms with van der Waals surface area (Å²) < 4.78 is 17.7. The van der Waals surface area contributed by atoms with E-state index in [1.807, 2.05) is 0 Å². The molecule has 0 amide bonds. The van der Waals surface area contributed by atoms with Gasteiger partial charge >= 0.3 is 5.97 Å². The zero-order valence-electron chi connectivity index (χ0n) is 8.95. The fourth-order valence-electron chi connectivity index (χ4n) is 1.18. The van der Waals surface area contributed by atoms with Crippen molar-refractivity contribution in [1.29, 1.82) is 5.26 Å². The Balaban J connectivity index is 3.19. The van der Waals surface area contributed by atoms with Crippen LogP contribution in [0.25, 0.3) is 6.08 Å². The molecule has 0 N–H and O–H groups in total. The second kappa shape index (κ2) is 5.08. The molecule has 4 heteroatoms. The summed E-state index contributed by atoms with van der Waals surface area (Å²) in [6, 6.07) is 6.11. The number of ether oxygens (including phenoxy) is 1. The Bertz CT molecular complexity index is 486. The average molecular weight is 219 g/mol. The van der Waals surface area contributed by atoms with E-state index >= 15 is 0 Å². The molecule has 0 aromatic heterocycles. The van der Waals surface area contributed by atoms with Gasteiger partial charge in [0.25, 0.3) is 0 Å². The number of aryl methyl sites for hydroxylation is 1. The molecule has 0 aliphatic carbocycles. The SMILES string of the molecule is COC(=O)/C(C#N)=C/c1cc(C)ccc1F. The molecule has 0 aliphatic rings. The number of nitrogens with zero attached hydrogens (tertiary/aromatic N) is 1. The summed E-state index contributed by atoms with van der Waals surface area (Å²) in [5, 5.41) is 8.71. The second-order valence-electron chi connectivity index (χ2n) is 3.19. The maximum atomic E-state index is 13.3. The van der Waals surface area contributed by atoms with Gasteiger partial charge in [-0.1, -0.05) is 11.6 Å². The monoisotopic (exact) mass is 219 g/mol. The van der Waals surface area contributed by atoms with Crippen molar-refractivity contribution >= 4 is 12.0 Å². The van der Waals surface area contributed by atoms with Crippen LogP contribution in [0.15, 0.2) is 23.8 Å². The van der Waals surface area contributed by atoms with Gasteiger partial charge in [0.2, 0.25) is 0 Å². The first-order chi connectivity index (χ1) is 7.58. The Morgan fingerprint density at radius 3 is 2.81 bits per heavy atom. The zero-order valence-corrected chi connectivity index (χ0v) is 8.95. The molecule has 82 valence electrons. The lowest BCUT2D eigenvalue weighted by atomic mass is 10.1. The van der Waals surface area contributed by atoms with Crippen molar-refractivity contribution < 1.29 is 13.9 Å². The first kappa shape index (κ1) is 11.9. The van der Waals surface area contributed by atoms with E-state index in [2.05, 4.69) is 4.74 Å². The molecule has 0 heterocycles. The lowest BCUT2D eigenvalue weighted by Gasteiger charge is -2.00. The normalized spacial score (nSPS) is 10.8. The minimum Gasteiger partial charge on any atom is -0.465 e. The first-order valence-corrected chi connectivity index (χ1v) is 4.54. The molecule has 0 unspecified atom stereocenters. The number of esters is 1. The predicted molar refractivity (Wildman–Crippen MR) is 56.7 cm³/mol. The molecule has 0 spiro atoms. The lowest BCUT2D eigenvalue weighted by Crippen LogP contribution is -2.02. The molecular weight excluding hydrogens is 209 g/mol. The fourth-order valence-corrected chi connectivity index (χ4v) is 1.18. The van der Waals surface area contributed by atoms with Gasteiger partial charge in [-0.25, -0.2) is 9.18 Å². The summed E-state index contributed by atoms with van der Waals surface area (Å²) in [4.78, 5) is 11.1. The van der Waals surface area contributed by atoms with Crippen molar-refractivity contribution in [2.45, 2.75) is 6.92 Å². The van der Waals surface area contributed by atoms with E-state index < -0.39 is 11.8 Å². The molecule has 0 radical (unpaired) electrons. The summed E-state index contributed by atoms with van der Waals surface area (Å²) in [7, 11) is 1.17. The number of hydrogen-bond donors (Lipinski definition) is 0. The van der Waals surface area contributed by atoms with E-state index in [4.69, 9.17) is 5.26 Å². The first-order valence-electron chi connectivity index (χ1n) is 4.54. The van der Waals surface area contributed by atoms with Crippen molar-refractivity contribution in [3.8, 4) is 6.07 Å². The molecule has 0 saturated heterocycles. The van der Waals surface area contributed by atoms with Gasteiger partial charge in [-0.3, -0.25) is 0 Å². The molecule has 0 fully saturated rings. The van der Waals surface area contributed by atoms with Crippen molar-refractivity contribution in [2.75, 3.05) is 7.11 Å². The number of hydrogen-bond acceptors (Lipinski definition) is 3. The highest BCUT2D eigenvalue weighted by Gasteiger charge is 2.10. The topological polar surface area (TPSA) is 50.1 Å². The van der Waals surface area contributed by atoms with Crippen molar-refractivity contribution in [3.63, 3.8) is 0 Å². The summed E-state index contributed by atoms with van der Waals surface area (Å²) >= 11 is 0. The summed E-state index contributed by atoms with van der Waals surface area (Å²) in [5.74, 6) is -1.26. The van der Waals surface area contributed by atoms with Crippen LogP contribution in [-0.4, -0.2) is 13.1 Å². The molecule has 1 aromatic carbocycles.